The summed E-state index contributed by atoms with van der Waals surface area (Å²) in [5, 5.41) is 3.57. The van der Waals surface area contributed by atoms with Crippen molar-refractivity contribution in [2.45, 2.75) is 18.9 Å². The van der Waals surface area contributed by atoms with Gasteiger partial charge in [-0.05, 0) is 31.0 Å². The minimum absolute atomic E-state index is 0.0350. The van der Waals surface area contributed by atoms with E-state index in [1.807, 2.05) is 12.1 Å². The maximum atomic E-state index is 11.6. The van der Waals surface area contributed by atoms with Crippen molar-refractivity contribution < 1.29 is 9.53 Å². The molecule has 0 spiro atoms. The Morgan fingerprint density at radius 1 is 1.56 bits per heavy atom. The minimum Gasteiger partial charge on any atom is -0.492 e. The van der Waals surface area contributed by atoms with Gasteiger partial charge < -0.3 is 15.0 Å². The Labute approximate surface area is 112 Å². The number of hydrogen-bond acceptors (Lipinski definition) is 2. The van der Waals surface area contributed by atoms with Crippen LogP contribution in [-0.4, -0.2) is 37.2 Å². The smallest absolute Gasteiger partial charge is 0.317 e. The number of rotatable bonds is 5. The Balaban J connectivity index is 1.69. The Bertz CT molecular complexity index is 421. The van der Waals surface area contributed by atoms with Crippen molar-refractivity contribution in [3.8, 4) is 5.75 Å². The molecule has 0 unspecified atom stereocenters. The first-order chi connectivity index (χ1) is 8.65. The first-order valence-corrected chi connectivity index (χ1v) is 6.43. The van der Waals surface area contributed by atoms with E-state index in [9.17, 15) is 4.79 Å². The topological polar surface area (TPSA) is 41.6 Å². The number of ether oxygens (including phenoxy) is 1. The van der Waals surface area contributed by atoms with Crippen molar-refractivity contribution in [1.29, 1.82) is 0 Å². The van der Waals surface area contributed by atoms with Crippen LogP contribution in [0.1, 0.15) is 12.8 Å². The summed E-state index contributed by atoms with van der Waals surface area (Å²) in [6.07, 6.45) is 2.19. The number of carbonyl (C=O) groups is 1. The summed E-state index contributed by atoms with van der Waals surface area (Å²) >= 11 is 5.85. The number of hydrogen-bond donors (Lipinski definition) is 1. The van der Waals surface area contributed by atoms with E-state index in [2.05, 4.69) is 5.32 Å². The van der Waals surface area contributed by atoms with Gasteiger partial charge in [0.05, 0.1) is 6.54 Å². The fourth-order valence-electron chi connectivity index (χ4n) is 1.47. The van der Waals surface area contributed by atoms with E-state index in [1.165, 1.54) is 0 Å². The third kappa shape index (κ3) is 4.11. The van der Waals surface area contributed by atoms with E-state index in [1.54, 1.807) is 24.1 Å². The molecule has 1 aliphatic carbocycles. The van der Waals surface area contributed by atoms with Crippen LogP contribution in [0.2, 0.25) is 5.02 Å². The predicted octanol–water partition coefficient (Wildman–Crippen LogP) is 2.52. The lowest BCUT2D eigenvalue weighted by Crippen LogP contribution is -2.40. The van der Waals surface area contributed by atoms with Gasteiger partial charge in [0.15, 0.2) is 0 Å². The summed E-state index contributed by atoms with van der Waals surface area (Å²) in [6, 6.07) is 7.58. The average molecular weight is 269 g/mol. The van der Waals surface area contributed by atoms with Crippen molar-refractivity contribution in [3.05, 3.63) is 29.3 Å². The fraction of sp³-hybridized carbons (Fsp3) is 0.462. The van der Waals surface area contributed by atoms with Crippen molar-refractivity contribution in [2.24, 2.45) is 0 Å². The summed E-state index contributed by atoms with van der Waals surface area (Å²) in [5.41, 5.74) is 0. The Morgan fingerprint density at radius 2 is 2.33 bits per heavy atom. The molecule has 0 radical (unpaired) electrons. The number of nitrogens with one attached hydrogen (secondary N) is 1. The van der Waals surface area contributed by atoms with Gasteiger partial charge in [-0.2, -0.15) is 0 Å². The molecule has 1 N–H and O–H groups in total. The molecule has 1 saturated carbocycles. The van der Waals surface area contributed by atoms with Gasteiger partial charge in [-0.15, -0.1) is 0 Å². The Hall–Kier alpha value is -1.42. The summed E-state index contributed by atoms with van der Waals surface area (Å²) in [4.78, 5) is 13.3. The standard InChI is InChI=1S/C13H17ClN2O2/c1-16(13(17)15-11-5-6-11)7-8-18-12-4-2-3-10(14)9-12/h2-4,9,11H,5-8H2,1H3,(H,15,17). The molecule has 0 saturated heterocycles. The quantitative estimate of drug-likeness (QED) is 0.892. The van der Waals surface area contributed by atoms with E-state index in [4.69, 9.17) is 16.3 Å². The number of amides is 2. The number of benzene rings is 1. The first kappa shape index (κ1) is 13.0. The molecule has 4 nitrogen and oxygen atoms in total. The molecule has 0 bridgehead atoms. The number of halogens is 1. The average Bonchev–Trinajstić information content (AvgIpc) is 3.13. The lowest BCUT2D eigenvalue weighted by atomic mass is 10.3. The summed E-state index contributed by atoms with van der Waals surface area (Å²) in [5.74, 6) is 0.721. The predicted molar refractivity (Wildman–Crippen MR) is 71.1 cm³/mol. The highest BCUT2D eigenvalue weighted by Crippen LogP contribution is 2.19. The number of carbonyl (C=O) groups excluding carboxylic acids is 1. The molecular weight excluding hydrogens is 252 g/mol. The number of nitrogens with zero attached hydrogens (tertiary/aromatic N) is 1. The molecule has 1 aromatic carbocycles. The van der Waals surface area contributed by atoms with Gasteiger partial charge in [-0.3, -0.25) is 0 Å². The molecule has 0 atom stereocenters. The second kappa shape index (κ2) is 5.96. The monoisotopic (exact) mass is 268 g/mol. The van der Waals surface area contributed by atoms with Crippen molar-refractivity contribution in [1.82, 2.24) is 10.2 Å². The SMILES string of the molecule is CN(CCOc1cccc(Cl)c1)C(=O)NC1CC1. The van der Waals surface area contributed by atoms with Crippen molar-refractivity contribution in [3.63, 3.8) is 0 Å². The summed E-state index contributed by atoms with van der Waals surface area (Å²) < 4.78 is 5.52. The molecule has 1 aromatic rings. The minimum atomic E-state index is -0.0350. The molecule has 0 aliphatic heterocycles. The van der Waals surface area contributed by atoms with Crippen LogP contribution in [0.3, 0.4) is 0 Å². The van der Waals surface area contributed by atoms with Crippen molar-refractivity contribution >= 4 is 17.6 Å². The maximum Gasteiger partial charge on any atom is 0.317 e. The largest absolute Gasteiger partial charge is 0.492 e. The van der Waals surface area contributed by atoms with Crippen LogP contribution in [0.15, 0.2) is 24.3 Å². The first-order valence-electron chi connectivity index (χ1n) is 6.05. The highest BCUT2D eigenvalue weighted by Gasteiger charge is 2.24. The maximum absolute atomic E-state index is 11.6. The Kier molecular flexibility index (Phi) is 4.31. The number of urea groups is 1. The van der Waals surface area contributed by atoms with E-state index >= 15 is 0 Å². The van der Waals surface area contributed by atoms with Gasteiger partial charge in [0.2, 0.25) is 0 Å². The highest BCUT2D eigenvalue weighted by atomic mass is 35.5. The lowest BCUT2D eigenvalue weighted by molar-refractivity contribution is 0.195. The molecule has 2 rings (SSSR count). The van der Waals surface area contributed by atoms with Gasteiger partial charge in [-0.1, -0.05) is 17.7 Å². The van der Waals surface area contributed by atoms with Crippen LogP contribution in [0, 0.1) is 0 Å². The van der Waals surface area contributed by atoms with Gasteiger partial charge in [0.25, 0.3) is 0 Å². The number of likely N-dealkylation sites (N-methyl/N-ethyl adjacent to an activating group) is 1. The third-order valence-corrected chi connectivity index (χ3v) is 2.98. The third-order valence-electron chi connectivity index (χ3n) is 2.74. The molecular formula is C13H17ClN2O2. The van der Waals surface area contributed by atoms with Crippen LogP contribution in [0.5, 0.6) is 5.75 Å². The van der Waals surface area contributed by atoms with Crippen LogP contribution < -0.4 is 10.1 Å². The van der Waals surface area contributed by atoms with Crippen LogP contribution >= 0.6 is 11.6 Å². The zero-order valence-electron chi connectivity index (χ0n) is 10.4. The molecule has 0 aromatic heterocycles. The fourth-order valence-corrected chi connectivity index (χ4v) is 1.65. The molecule has 18 heavy (non-hydrogen) atoms. The zero-order valence-corrected chi connectivity index (χ0v) is 11.1. The van der Waals surface area contributed by atoms with Gasteiger partial charge in [-0.25, -0.2) is 4.79 Å². The van der Waals surface area contributed by atoms with Crippen LogP contribution in [0.25, 0.3) is 0 Å². The normalized spacial score (nSPS) is 14.1. The van der Waals surface area contributed by atoms with E-state index in [0.717, 1.165) is 18.6 Å². The molecule has 2 amide bonds. The van der Waals surface area contributed by atoms with E-state index in [-0.39, 0.29) is 6.03 Å². The van der Waals surface area contributed by atoms with Crippen LogP contribution in [0.4, 0.5) is 4.79 Å². The van der Waals surface area contributed by atoms with Gasteiger partial charge in [0, 0.05) is 18.1 Å². The van der Waals surface area contributed by atoms with Crippen molar-refractivity contribution in [2.75, 3.05) is 20.2 Å². The van der Waals surface area contributed by atoms with Crippen LogP contribution in [-0.2, 0) is 0 Å². The van der Waals surface area contributed by atoms with Gasteiger partial charge in [0.1, 0.15) is 12.4 Å². The Morgan fingerprint density at radius 3 is 3.00 bits per heavy atom. The summed E-state index contributed by atoms with van der Waals surface area (Å²) in [6.45, 7) is 1.000. The van der Waals surface area contributed by atoms with E-state index in [0.29, 0.717) is 24.2 Å². The highest BCUT2D eigenvalue weighted by molar-refractivity contribution is 6.30. The second-order valence-electron chi connectivity index (χ2n) is 4.45. The molecule has 0 heterocycles. The molecule has 1 aliphatic rings. The molecule has 1 fully saturated rings. The summed E-state index contributed by atoms with van der Waals surface area (Å²) in [7, 11) is 1.76. The molecule has 98 valence electrons. The lowest BCUT2D eigenvalue weighted by Gasteiger charge is -2.18. The molecule has 5 heteroatoms. The second-order valence-corrected chi connectivity index (χ2v) is 4.89. The van der Waals surface area contributed by atoms with Gasteiger partial charge >= 0.3 is 6.03 Å². The van der Waals surface area contributed by atoms with E-state index < -0.39 is 0 Å². The zero-order chi connectivity index (χ0) is 13.0.